The zero-order chi connectivity index (χ0) is 13.8. The summed E-state index contributed by atoms with van der Waals surface area (Å²) in [7, 11) is 0. The fraction of sp³-hybridized carbons (Fsp3) is 0.267. The first-order chi connectivity index (χ1) is 9.10. The smallest absolute Gasteiger partial charge is 0.143 e. The Labute approximate surface area is 111 Å². The molecule has 0 aliphatic rings. The quantitative estimate of drug-likeness (QED) is 0.920. The number of halogens is 1. The molecule has 3 nitrogen and oxygen atoms in total. The molecule has 0 bridgehead atoms. The van der Waals surface area contributed by atoms with Gasteiger partial charge in [0.05, 0.1) is 6.61 Å². The number of aryl methyl sites for hydroxylation is 2. The van der Waals surface area contributed by atoms with Crippen LogP contribution in [-0.2, 0) is 13.2 Å². The molecular formula is C15H16FNO2. The number of aliphatic hydroxyl groups is 1. The number of hydrogen-bond donors (Lipinski definition) is 1. The van der Waals surface area contributed by atoms with E-state index in [1.165, 1.54) is 12.1 Å². The number of aliphatic hydroxyl groups excluding tert-OH is 1. The highest BCUT2D eigenvalue weighted by Gasteiger charge is 2.07. The van der Waals surface area contributed by atoms with Gasteiger partial charge in [0.2, 0.25) is 0 Å². The van der Waals surface area contributed by atoms with E-state index in [4.69, 9.17) is 4.74 Å². The number of benzene rings is 1. The minimum absolute atomic E-state index is 0.181. The maximum Gasteiger partial charge on any atom is 0.143 e. The van der Waals surface area contributed by atoms with Crippen molar-refractivity contribution < 1.29 is 14.2 Å². The predicted octanol–water partition coefficient (Wildman–Crippen LogP) is 2.91. The predicted molar refractivity (Wildman–Crippen MR) is 70.4 cm³/mol. The highest BCUT2D eigenvalue weighted by atomic mass is 19.1. The molecule has 1 N–H and O–H groups in total. The second-order valence-corrected chi connectivity index (χ2v) is 4.42. The van der Waals surface area contributed by atoms with E-state index in [2.05, 4.69) is 4.98 Å². The molecule has 0 amide bonds. The van der Waals surface area contributed by atoms with Crippen LogP contribution in [0.5, 0.6) is 5.75 Å². The van der Waals surface area contributed by atoms with Crippen LogP contribution in [0.3, 0.4) is 0 Å². The van der Waals surface area contributed by atoms with E-state index in [-0.39, 0.29) is 19.0 Å². The van der Waals surface area contributed by atoms with Gasteiger partial charge in [-0.25, -0.2) is 4.39 Å². The lowest BCUT2D eigenvalue weighted by Crippen LogP contribution is -2.03. The Hall–Kier alpha value is -1.94. The first-order valence-electron chi connectivity index (χ1n) is 6.05. The Morgan fingerprint density at radius 1 is 1.21 bits per heavy atom. The third kappa shape index (κ3) is 3.29. The fourth-order valence-corrected chi connectivity index (χ4v) is 1.79. The van der Waals surface area contributed by atoms with E-state index >= 15 is 0 Å². The van der Waals surface area contributed by atoms with E-state index in [1.807, 2.05) is 19.9 Å². The molecule has 0 spiro atoms. The van der Waals surface area contributed by atoms with Gasteiger partial charge in [0.15, 0.2) is 0 Å². The number of aromatic nitrogens is 1. The normalized spacial score (nSPS) is 10.5. The number of pyridine rings is 1. The second-order valence-electron chi connectivity index (χ2n) is 4.42. The molecule has 2 aromatic rings. The molecule has 100 valence electrons. The van der Waals surface area contributed by atoms with Gasteiger partial charge in [0, 0.05) is 5.69 Å². The molecule has 0 aliphatic heterocycles. The molecule has 0 atom stereocenters. The largest absolute Gasteiger partial charge is 0.487 e. The van der Waals surface area contributed by atoms with Gasteiger partial charge in [-0.05, 0) is 49.2 Å². The molecule has 1 heterocycles. The van der Waals surface area contributed by atoms with Crippen LogP contribution in [0.1, 0.15) is 22.5 Å². The van der Waals surface area contributed by atoms with Crippen LogP contribution in [0.25, 0.3) is 0 Å². The molecule has 2 rings (SSSR count). The average molecular weight is 261 g/mol. The van der Waals surface area contributed by atoms with E-state index in [0.29, 0.717) is 11.4 Å². The van der Waals surface area contributed by atoms with Gasteiger partial charge in [-0.1, -0.05) is 6.07 Å². The minimum atomic E-state index is -0.284. The topological polar surface area (TPSA) is 42.4 Å². The van der Waals surface area contributed by atoms with Crippen molar-refractivity contribution >= 4 is 0 Å². The molecule has 0 aliphatic carbocycles. The van der Waals surface area contributed by atoms with E-state index in [1.54, 1.807) is 12.1 Å². The lowest BCUT2D eigenvalue weighted by atomic mass is 10.1. The third-order valence-electron chi connectivity index (χ3n) is 2.92. The molecule has 0 unspecified atom stereocenters. The van der Waals surface area contributed by atoms with Crippen molar-refractivity contribution in [3.63, 3.8) is 0 Å². The summed E-state index contributed by atoms with van der Waals surface area (Å²) in [5.74, 6) is 0.241. The van der Waals surface area contributed by atoms with E-state index in [0.717, 1.165) is 16.8 Å². The van der Waals surface area contributed by atoms with Crippen LogP contribution in [-0.4, -0.2) is 10.1 Å². The summed E-state index contributed by atoms with van der Waals surface area (Å²) >= 11 is 0. The van der Waals surface area contributed by atoms with Gasteiger partial charge in [0.1, 0.15) is 23.9 Å². The Morgan fingerprint density at radius 2 is 2.00 bits per heavy atom. The number of ether oxygens (including phenoxy) is 1. The number of nitrogens with zero attached hydrogens (tertiary/aromatic N) is 1. The zero-order valence-corrected chi connectivity index (χ0v) is 11.0. The summed E-state index contributed by atoms with van der Waals surface area (Å²) in [5.41, 5.74) is 3.06. The van der Waals surface area contributed by atoms with Crippen LogP contribution in [0, 0.1) is 19.7 Å². The fourth-order valence-electron chi connectivity index (χ4n) is 1.79. The zero-order valence-electron chi connectivity index (χ0n) is 11.0. The summed E-state index contributed by atoms with van der Waals surface area (Å²) in [4.78, 5) is 4.19. The van der Waals surface area contributed by atoms with Crippen molar-refractivity contribution in [2.75, 3.05) is 0 Å². The SMILES string of the molecule is Cc1ccc(OCc2cc(F)ccc2C)c(CO)n1. The minimum Gasteiger partial charge on any atom is -0.487 e. The molecule has 1 aromatic heterocycles. The molecule has 19 heavy (non-hydrogen) atoms. The molecule has 4 heteroatoms. The van der Waals surface area contributed by atoms with Gasteiger partial charge in [-0.2, -0.15) is 0 Å². The first kappa shape index (κ1) is 13.5. The lowest BCUT2D eigenvalue weighted by Gasteiger charge is -2.11. The van der Waals surface area contributed by atoms with Gasteiger partial charge in [-0.3, -0.25) is 4.98 Å². The Bertz CT molecular complexity index is 584. The Balaban J connectivity index is 2.16. The summed E-state index contributed by atoms with van der Waals surface area (Å²) in [5, 5.41) is 9.24. The van der Waals surface area contributed by atoms with Gasteiger partial charge < -0.3 is 9.84 Å². The first-order valence-corrected chi connectivity index (χ1v) is 6.05. The van der Waals surface area contributed by atoms with Crippen molar-refractivity contribution in [2.45, 2.75) is 27.1 Å². The summed E-state index contributed by atoms with van der Waals surface area (Å²) in [6, 6.07) is 8.17. The molecular weight excluding hydrogens is 245 g/mol. The van der Waals surface area contributed by atoms with Crippen LogP contribution in [0.4, 0.5) is 4.39 Å². The highest BCUT2D eigenvalue weighted by Crippen LogP contribution is 2.19. The van der Waals surface area contributed by atoms with Crippen LogP contribution in [0.2, 0.25) is 0 Å². The van der Waals surface area contributed by atoms with Crippen LogP contribution >= 0.6 is 0 Å². The summed E-state index contributed by atoms with van der Waals surface area (Å²) < 4.78 is 18.8. The Kier molecular flexibility index (Phi) is 4.12. The maximum absolute atomic E-state index is 13.2. The number of hydrogen-bond acceptors (Lipinski definition) is 3. The summed E-state index contributed by atoms with van der Waals surface area (Å²) in [6.07, 6.45) is 0. The van der Waals surface area contributed by atoms with Crippen molar-refractivity contribution in [2.24, 2.45) is 0 Å². The monoisotopic (exact) mass is 261 g/mol. The lowest BCUT2D eigenvalue weighted by molar-refractivity contribution is 0.253. The molecule has 0 saturated heterocycles. The molecule has 0 saturated carbocycles. The standard InChI is InChI=1S/C15H16FNO2/c1-10-3-5-13(16)7-12(10)9-19-15-6-4-11(2)17-14(15)8-18/h3-7,18H,8-9H2,1-2H3. The second kappa shape index (κ2) is 5.80. The van der Waals surface area contributed by atoms with Crippen LogP contribution < -0.4 is 4.74 Å². The highest BCUT2D eigenvalue weighted by molar-refractivity contribution is 5.30. The van der Waals surface area contributed by atoms with Crippen molar-refractivity contribution in [1.29, 1.82) is 0 Å². The molecule has 1 aromatic carbocycles. The average Bonchev–Trinajstić information content (AvgIpc) is 2.40. The van der Waals surface area contributed by atoms with Gasteiger partial charge in [-0.15, -0.1) is 0 Å². The molecule has 0 radical (unpaired) electrons. The van der Waals surface area contributed by atoms with Crippen LogP contribution in [0.15, 0.2) is 30.3 Å². The van der Waals surface area contributed by atoms with Crippen molar-refractivity contribution in [3.8, 4) is 5.75 Å². The van der Waals surface area contributed by atoms with Gasteiger partial charge in [0.25, 0.3) is 0 Å². The summed E-state index contributed by atoms with van der Waals surface area (Å²) in [6.45, 7) is 3.82. The van der Waals surface area contributed by atoms with Gasteiger partial charge >= 0.3 is 0 Å². The maximum atomic E-state index is 13.2. The third-order valence-corrected chi connectivity index (χ3v) is 2.92. The van der Waals surface area contributed by atoms with E-state index < -0.39 is 0 Å². The number of rotatable bonds is 4. The Morgan fingerprint density at radius 3 is 2.74 bits per heavy atom. The van der Waals surface area contributed by atoms with Crippen molar-refractivity contribution in [1.82, 2.24) is 4.98 Å². The van der Waals surface area contributed by atoms with Crippen molar-refractivity contribution in [3.05, 3.63) is 58.7 Å². The van der Waals surface area contributed by atoms with E-state index in [9.17, 15) is 9.50 Å². The molecule has 0 fully saturated rings.